The molecule has 11 heavy (non-hydrogen) atoms. The second-order valence-corrected chi connectivity index (χ2v) is 4.34. The molecule has 1 aliphatic heterocycles. The molecule has 4 unspecified atom stereocenters. The van der Waals surface area contributed by atoms with E-state index in [1.54, 1.807) is 0 Å². The van der Waals surface area contributed by atoms with Gasteiger partial charge in [0.1, 0.15) is 6.10 Å². The first-order chi connectivity index (χ1) is 5.23. The minimum absolute atomic E-state index is 0.0527. The van der Waals surface area contributed by atoms with Gasteiger partial charge in [-0.05, 0) is 32.1 Å². The van der Waals surface area contributed by atoms with Gasteiger partial charge in [0.2, 0.25) is 0 Å². The quantitative estimate of drug-likeness (QED) is 0.490. The number of carbonyl (C=O) groups is 1. The van der Waals surface area contributed by atoms with E-state index < -0.39 is 0 Å². The molecule has 4 fully saturated rings. The highest BCUT2D eigenvalue weighted by atomic mass is 16.6. The van der Waals surface area contributed by atoms with Crippen LogP contribution in [0.3, 0.4) is 0 Å². The second-order valence-electron chi connectivity index (χ2n) is 4.34. The summed E-state index contributed by atoms with van der Waals surface area (Å²) in [6, 6.07) is 0. The Hall–Kier alpha value is -0.530. The summed E-state index contributed by atoms with van der Waals surface area (Å²) < 4.78 is 5.30. The molecule has 0 radical (unpaired) electrons. The zero-order valence-corrected chi connectivity index (χ0v) is 6.67. The van der Waals surface area contributed by atoms with Crippen molar-refractivity contribution in [1.82, 2.24) is 0 Å². The van der Waals surface area contributed by atoms with Gasteiger partial charge in [0.15, 0.2) is 0 Å². The normalized spacial score (nSPS) is 58.6. The van der Waals surface area contributed by atoms with E-state index in [0.29, 0.717) is 11.8 Å². The summed E-state index contributed by atoms with van der Waals surface area (Å²) in [4.78, 5) is 11.4. The van der Waals surface area contributed by atoms with Crippen LogP contribution in [0.4, 0.5) is 0 Å². The van der Waals surface area contributed by atoms with Gasteiger partial charge in [-0.25, -0.2) is 0 Å². The maximum absolute atomic E-state index is 11.4. The maximum Gasteiger partial charge on any atom is 0.312 e. The maximum atomic E-state index is 11.4. The van der Waals surface area contributed by atoms with Crippen LogP contribution in [0.1, 0.15) is 26.2 Å². The summed E-state index contributed by atoms with van der Waals surface area (Å²) in [7, 11) is 0. The van der Waals surface area contributed by atoms with Crippen molar-refractivity contribution in [2.75, 3.05) is 0 Å². The fourth-order valence-electron chi connectivity index (χ4n) is 3.18. The molecule has 4 rings (SSSR count). The molecule has 0 spiro atoms. The number of rotatable bonds is 0. The van der Waals surface area contributed by atoms with Crippen molar-refractivity contribution in [3.05, 3.63) is 0 Å². The van der Waals surface area contributed by atoms with Gasteiger partial charge in [-0.15, -0.1) is 0 Å². The van der Waals surface area contributed by atoms with E-state index >= 15 is 0 Å². The summed E-state index contributed by atoms with van der Waals surface area (Å²) in [5.41, 5.74) is -0.0527. The summed E-state index contributed by atoms with van der Waals surface area (Å²) in [6.07, 6.45) is 3.87. The van der Waals surface area contributed by atoms with Crippen molar-refractivity contribution in [3.63, 3.8) is 0 Å². The van der Waals surface area contributed by atoms with Gasteiger partial charge in [0.05, 0.1) is 5.41 Å². The first-order valence-electron chi connectivity index (χ1n) is 4.44. The van der Waals surface area contributed by atoms with Crippen LogP contribution in [0.5, 0.6) is 0 Å². The zero-order chi connectivity index (χ0) is 7.64. The third-order valence-corrected chi connectivity index (χ3v) is 4.10. The largest absolute Gasteiger partial charge is 0.462 e. The Labute approximate surface area is 65.9 Å². The summed E-state index contributed by atoms with van der Waals surface area (Å²) in [5, 5.41) is 0. The lowest BCUT2D eigenvalue weighted by molar-refractivity contribution is -0.152. The van der Waals surface area contributed by atoms with Crippen LogP contribution >= 0.6 is 0 Å². The minimum Gasteiger partial charge on any atom is -0.462 e. The first-order valence-corrected chi connectivity index (χ1v) is 4.44. The van der Waals surface area contributed by atoms with Gasteiger partial charge in [0, 0.05) is 5.92 Å². The van der Waals surface area contributed by atoms with Crippen molar-refractivity contribution >= 4 is 5.97 Å². The fourth-order valence-corrected chi connectivity index (χ4v) is 3.18. The second kappa shape index (κ2) is 1.47. The highest BCUT2D eigenvalue weighted by molar-refractivity contribution is 5.81. The van der Waals surface area contributed by atoms with E-state index in [-0.39, 0.29) is 17.5 Å². The van der Waals surface area contributed by atoms with Crippen LogP contribution in [0.15, 0.2) is 0 Å². The van der Waals surface area contributed by atoms with Gasteiger partial charge in [0.25, 0.3) is 0 Å². The molecule has 60 valence electrons. The molecule has 1 heterocycles. The number of esters is 1. The van der Waals surface area contributed by atoms with E-state index in [0.717, 1.165) is 6.42 Å². The Morgan fingerprint density at radius 3 is 2.91 bits per heavy atom. The number of carbonyl (C=O) groups excluding carboxylic acids is 1. The van der Waals surface area contributed by atoms with Gasteiger partial charge >= 0.3 is 5.97 Å². The van der Waals surface area contributed by atoms with Crippen LogP contribution < -0.4 is 0 Å². The lowest BCUT2D eigenvalue weighted by Gasteiger charge is -2.51. The van der Waals surface area contributed by atoms with Crippen molar-refractivity contribution < 1.29 is 9.53 Å². The molecule has 1 saturated heterocycles. The third kappa shape index (κ3) is 0.445. The minimum atomic E-state index is -0.0527. The Bertz CT molecular complexity index is 234. The highest BCUT2D eigenvalue weighted by Crippen LogP contribution is 2.64. The predicted octanol–water partition coefficient (Wildman–Crippen LogP) is 1.35. The first kappa shape index (κ1) is 6.04. The van der Waals surface area contributed by atoms with Crippen molar-refractivity contribution in [3.8, 4) is 0 Å². The Morgan fingerprint density at radius 1 is 1.55 bits per heavy atom. The molecule has 0 aromatic carbocycles. The smallest absolute Gasteiger partial charge is 0.312 e. The summed E-state index contributed by atoms with van der Waals surface area (Å²) >= 11 is 0. The molecule has 4 bridgehead atoms. The highest BCUT2D eigenvalue weighted by Gasteiger charge is 2.67. The van der Waals surface area contributed by atoms with Crippen LogP contribution in [0, 0.1) is 17.3 Å². The third-order valence-electron chi connectivity index (χ3n) is 4.10. The number of hydrogen-bond donors (Lipinski definition) is 0. The Balaban J connectivity index is 2.09. The lowest BCUT2D eigenvalue weighted by atomic mass is 9.48. The van der Waals surface area contributed by atoms with Gasteiger partial charge in [-0.1, -0.05) is 0 Å². The van der Waals surface area contributed by atoms with Crippen molar-refractivity contribution in [1.29, 1.82) is 0 Å². The molecule has 3 saturated carbocycles. The molecule has 0 aromatic rings. The van der Waals surface area contributed by atoms with Crippen LogP contribution in [-0.2, 0) is 9.53 Å². The molecular formula is C9H12O2. The van der Waals surface area contributed by atoms with Crippen molar-refractivity contribution in [2.45, 2.75) is 32.3 Å². The molecule has 4 aliphatic rings. The van der Waals surface area contributed by atoms with Gasteiger partial charge in [-0.2, -0.15) is 0 Å². The van der Waals surface area contributed by atoms with Crippen LogP contribution in [0.25, 0.3) is 0 Å². The molecule has 0 N–H and O–H groups in total. The molecule has 4 atom stereocenters. The monoisotopic (exact) mass is 152 g/mol. The molecule has 0 amide bonds. The molecule has 2 nitrogen and oxygen atoms in total. The van der Waals surface area contributed by atoms with E-state index in [4.69, 9.17) is 4.74 Å². The van der Waals surface area contributed by atoms with Crippen LogP contribution in [-0.4, -0.2) is 12.1 Å². The summed E-state index contributed by atoms with van der Waals surface area (Å²) in [5.74, 6) is 1.31. The lowest BCUT2D eigenvalue weighted by Crippen LogP contribution is -2.53. The van der Waals surface area contributed by atoms with E-state index in [1.807, 2.05) is 0 Å². The molecule has 3 aliphatic carbocycles. The number of fused-ring (bicyclic) bond motifs is 1. The number of ether oxygens (including phenoxy) is 1. The molecule has 2 heteroatoms. The predicted molar refractivity (Wildman–Crippen MR) is 38.8 cm³/mol. The Morgan fingerprint density at radius 2 is 2.36 bits per heavy atom. The topological polar surface area (TPSA) is 26.3 Å². The average molecular weight is 152 g/mol. The fraction of sp³-hybridized carbons (Fsp3) is 0.889. The zero-order valence-electron chi connectivity index (χ0n) is 6.67. The molecular weight excluding hydrogens is 140 g/mol. The molecule has 0 aromatic heterocycles. The van der Waals surface area contributed by atoms with E-state index in [2.05, 4.69) is 6.92 Å². The average Bonchev–Trinajstić information content (AvgIpc) is 2.12. The van der Waals surface area contributed by atoms with Crippen molar-refractivity contribution in [2.24, 2.45) is 17.3 Å². The van der Waals surface area contributed by atoms with E-state index in [9.17, 15) is 4.79 Å². The Kier molecular flexibility index (Phi) is 0.809. The number of hydrogen-bond acceptors (Lipinski definition) is 2. The summed E-state index contributed by atoms with van der Waals surface area (Å²) in [6.45, 7) is 2.09. The van der Waals surface area contributed by atoms with E-state index in [1.165, 1.54) is 12.8 Å². The SMILES string of the molecule is CC12C(=O)OC3CCC1CC32. The van der Waals surface area contributed by atoms with Gasteiger partial charge < -0.3 is 4.74 Å². The van der Waals surface area contributed by atoms with Crippen LogP contribution in [0.2, 0.25) is 0 Å². The van der Waals surface area contributed by atoms with Gasteiger partial charge in [-0.3, -0.25) is 4.79 Å². The standard InChI is InChI=1S/C9H12O2/c1-9-5-2-3-7(6(9)4-5)11-8(9)10/h5-7H,2-4H2,1H3.